The van der Waals surface area contributed by atoms with E-state index < -0.39 is 19.0 Å². The first-order valence-corrected chi connectivity index (χ1v) is 2.72. The molecule has 12 heavy (non-hydrogen) atoms. The molecule has 0 aliphatic carbocycles. The van der Waals surface area contributed by atoms with Crippen LogP contribution in [0, 0.1) is 0 Å². The second-order valence-corrected chi connectivity index (χ2v) is 1.75. The molecule has 8 heteroatoms. The van der Waals surface area contributed by atoms with Crippen molar-refractivity contribution in [1.82, 2.24) is 0 Å². The van der Waals surface area contributed by atoms with E-state index in [2.05, 4.69) is 9.31 Å². The fourth-order valence-electron chi connectivity index (χ4n) is 0.410. The number of carbonyl (C=O) groups excluding carboxylic acids is 2. The van der Waals surface area contributed by atoms with Gasteiger partial charge in [0.15, 0.2) is 0 Å². The molecule has 0 spiro atoms. The van der Waals surface area contributed by atoms with Crippen LogP contribution < -0.4 is 18.9 Å². The van der Waals surface area contributed by atoms with Gasteiger partial charge in [0.25, 0.3) is 11.9 Å². The van der Waals surface area contributed by atoms with Gasteiger partial charge in [0.1, 0.15) is 0 Å². The van der Waals surface area contributed by atoms with Crippen LogP contribution >= 0.6 is 0 Å². The Balaban J connectivity index is 0. The Morgan fingerprint density at radius 3 is 1.50 bits per heavy atom. The van der Waals surface area contributed by atoms with Crippen molar-refractivity contribution in [2.45, 2.75) is 13.8 Å². The van der Waals surface area contributed by atoms with E-state index in [1.54, 1.807) is 0 Å². The maximum Gasteiger partial charge on any atom is 1.00 e. The molecule has 0 fully saturated rings. The first kappa shape index (κ1) is 14.0. The number of hydrogen-bond acceptors (Lipinski definition) is 4. The van der Waals surface area contributed by atoms with E-state index in [9.17, 15) is 18.2 Å². The molecule has 0 N–H and O–H groups in total. The van der Waals surface area contributed by atoms with E-state index in [0.29, 0.717) is 0 Å². The van der Waals surface area contributed by atoms with E-state index >= 15 is 0 Å². The summed E-state index contributed by atoms with van der Waals surface area (Å²) >= 11 is 0. The van der Waals surface area contributed by atoms with Crippen molar-refractivity contribution in [3.63, 3.8) is 0 Å². The zero-order valence-corrected chi connectivity index (χ0v) is 6.97. The summed E-state index contributed by atoms with van der Waals surface area (Å²) in [6.45, 7) is 1.58. The second kappa shape index (κ2) is 5.17. The van der Waals surface area contributed by atoms with Crippen LogP contribution in [0.1, 0.15) is 13.8 Å². The molecule has 0 radical (unpaired) electrons. The molecule has 0 aliphatic heterocycles. The minimum Gasteiger partial charge on any atom is -0.601 e. The Morgan fingerprint density at radius 1 is 1.08 bits per heavy atom. The molecule has 0 atom stereocenters. The van der Waals surface area contributed by atoms with E-state index in [4.69, 9.17) is 0 Å². The number of halogens is 2. The van der Waals surface area contributed by atoms with Crippen LogP contribution in [0.2, 0.25) is 0 Å². The van der Waals surface area contributed by atoms with Crippen molar-refractivity contribution in [2.75, 3.05) is 0 Å². The maximum absolute atomic E-state index is 12.1. The van der Waals surface area contributed by atoms with Crippen molar-refractivity contribution in [2.24, 2.45) is 0 Å². The van der Waals surface area contributed by atoms with Gasteiger partial charge in [-0.3, -0.25) is 9.59 Å². The topological polar surface area (TPSA) is 52.6 Å². The smallest absolute Gasteiger partial charge is 0.601 e. The van der Waals surface area contributed by atoms with Gasteiger partial charge in [-0.15, -0.1) is 0 Å². The molecule has 64 valence electrons. The molecule has 0 aromatic heterocycles. The van der Waals surface area contributed by atoms with Crippen molar-refractivity contribution < 1.29 is 46.4 Å². The number of carbonyl (C=O) groups is 2. The molecule has 0 saturated heterocycles. The monoisotopic (exact) mass is 174 g/mol. The molecule has 0 aliphatic rings. The second-order valence-electron chi connectivity index (χ2n) is 1.75. The largest absolute Gasteiger partial charge is 1.00 e. The molecule has 0 rings (SSSR count). The summed E-state index contributed by atoms with van der Waals surface area (Å²) in [5.41, 5.74) is 0. The third-order valence-electron chi connectivity index (χ3n) is 0.606. The summed E-state index contributed by atoms with van der Waals surface area (Å²) in [7, 11) is -4.77. The van der Waals surface area contributed by atoms with Crippen molar-refractivity contribution in [3.8, 4) is 0 Å². The summed E-state index contributed by atoms with van der Waals surface area (Å²) in [5.74, 6) is -2.40. The molecule has 0 unspecified atom stereocenters. The van der Waals surface area contributed by atoms with Gasteiger partial charge < -0.3 is 17.9 Å². The van der Waals surface area contributed by atoms with Crippen molar-refractivity contribution in [3.05, 3.63) is 0 Å². The SMILES string of the molecule is CC(=O)O[B-](F)(F)OC(C)=O.[Li+]. The number of hydrogen-bond donors (Lipinski definition) is 0. The summed E-state index contributed by atoms with van der Waals surface area (Å²) in [5, 5.41) is 0. The average molecular weight is 174 g/mol. The summed E-state index contributed by atoms with van der Waals surface area (Å²) in [6, 6.07) is 0. The standard InChI is InChI=1S/C4H6BF2O4.Li/c1-3(8)10-5(6,7)11-4(2)9;/h1-2H3;/q-1;+1. The van der Waals surface area contributed by atoms with Gasteiger partial charge >= 0.3 is 26.0 Å². The minimum absolute atomic E-state index is 0. The number of rotatable bonds is 2. The molecular formula is C4H6BF2LiO4. The van der Waals surface area contributed by atoms with Gasteiger partial charge in [-0.1, -0.05) is 0 Å². The van der Waals surface area contributed by atoms with Gasteiger partial charge in [0.2, 0.25) is 0 Å². The Morgan fingerprint density at radius 2 is 1.33 bits per heavy atom. The molecule has 0 bridgehead atoms. The van der Waals surface area contributed by atoms with Crippen molar-refractivity contribution in [1.29, 1.82) is 0 Å². The fourth-order valence-corrected chi connectivity index (χ4v) is 0.410. The van der Waals surface area contributed by atoms with Crippen LogP contribution in [0.3, 0.4) is 0 Å². The van der Waals surface area contributed by atoms with Crippen LogP contribution in [0.5, 0.6) is 0 Å². The quantitative estimate of drug-likeness (QED) is 0.434. The van der Waals surface area contributed by atoms with Gasteiger partial charge in [0, 0.05) is 13.8 Å². The first-order valence-electron chi connectivity index (χ1n) is 2.72. The average Bonchev–Trinajstić information content (AvgIpc) is 1.53. The molecule has 0 aromatic rings. The van der Waals surface area contributed by atoms with Crippen LogP contribution in [-0.2, 0) is 18.9 Å². The fraction of sp³-hybridized carbons (Fsp3) is 0.500. The predicted molar refractivity (Wildman–Crippen MR) is 31.5 cm³/mol. The molecule has 0 heterocycles. The molecule has 0 amide bonds. The summed E-state index contributed by atoms with van der Waals surface area (Å²) in [4.78, 5) is 19.9. The molecule has 0 saturated carbocycles. The normalized spacial score (nSPS) is 9.67. The Hall–Kier alpha value is -0.538. The summed E-state index contributed by atoms with van der Waals surface area (Å²) < 4.78 is 31.0. The minimum atomic E-state index is -4.77. The van der Waals surface area contributed by atoms with E-state index in [1.807, 2.05) is 0 Å². The molecular weight excluding hydrogens is 168 g/mol. The molecule has 4 nitrogen and oxygen atoms in total. The summed E-state index contributed by atoms with van der Waals surface area (Å²) in [6.07, 6.45) is 0. The predicted octanol–water partition coefficient (Wildman–Crippen LogP) is -2.51. The van der Waals surface area contributed by atoms with Gasteiger partial charge in [-0.25, -0.2) is 0 Å². The van der Waals surface area contributed by atoms with Crippen LogP contribution in [0.15, 0.2) is 0 Å². The van der Waals surface area contributed by atoms with Crippen molar-refractivity contribution >= 4 is 19.0 Å². The Labute approximate surface area is 79.8 Å². The van der Waals surface area contributed by atoms with E-state index in [0.717, 1.165) is 13.8 Å². The third kappa shape index (κ3) is 7.57. The third-order valence-corrected chi connectivity index (χ3v) is 0.606. The maximum atomic E-state index is 12.1. The van der Waals surface area contributed by atoms with Crippen LogP contribution in [0.25, 0.3) is 0 Å². The van der Waals surface area contributed by atoms with Gasteiger partial charge in [-0.2, -0.15) is 0 Å². The zero-order valence-electron chi connectivity index (χ0n) is 6.97. The van der Waals surface area contributed by atoms with Gasteiger partial charge in [-0.05, 0) is 0 Å². The van der Waals surface area contributed by atoms with Crippen LogP contribution in [-0.4, -0.2) is 19.0 Å². The zero-order chi connectivity index (χ0) is 9.07. The first-order chi connectivity index (χ1) is 4.83. The molecule has 0 aromatic carbocycles. The Bertz CT molecular complexity index is 168. The van der Waals surface area contributed by atoms with E-state index in [-0.39, 0.29) is 18.9 Å². The van der Waals surface area contributed by atoms with Crippen LogP contribution in [0.4, 0.5) is 8.63 Å². The van der Waals surface area contributed by atoms with Gasteiger partial charge in [0.05, 0.1) is 0 Å². The Kier molecular flexibility index (Phi) is 6.04. The van der Waals surface area contributed by atoms with E-state index in [1.165, 1.54) is 0 Å².